The number of sulfonamides is 1. The second kappa shape index (κ2) is 6.51. The minimum absolute atomic E-state index is 0.0353. The Hall–Kier alpha value is -1.40. The van der Waals surface area contributed by atoms with Crippen LogP contribution >= 0.6 is 0 Å². The van der Waals surface area contributed by atoms with Gasteiger partial charge in [0.25, 0.3) is 0 Å². The number of rotatable bonds is 7. The first kappa shape index (κ1) is 14.7. The summed E-state index contributed by atoms with van der Waals surface area (Å²) in [6.45, 7) is 2.35. The molecule has 0 aliphatic rings. The van der Waals surface area contributed by atoms with Crippen LogP contribution in [0.2, 0.25) is 0 Å². The number of benzene rings is 1. The molecule has 1 rings (SSSR count). The molecule has 100 valence electrons. The molecule has 0 heterocycles. The van der Waals surface area contributed by atoms with Crippen molar-refractivity contribution in [2.75, 3.05) is 17.6 Å². The minimum Gasteiger partial charge on any atom is -0.385 e. The van der Waals surface area contributed by atoms with Crippen molar-refractivity contribution in [3.63, 3.8) is 0 Å². The summed E-state index contributed by atoms with van der Waals surface area (Å²) in [5.74, 6) is 0.0719. The number of primary sulfonamides is 1. The molecule has 0 fully saturated rings. The lowest BCUT2D eigenvalue weighted by molar-refractivity contribution is 0.0988. The topological polar surface area (TPSA) is 89.3 Å². The van der Waals surface area contributed by atoms with Crippen molar-refractivity contribution >= 4 is 21.5 Å². The molecule has 18 heavy (non-hydrogen) atoms. The maximum absolute atomic E-state index is 11.4. The molecule has 1 aromatic rings. The van der Waals surface area contributed by atoms with Crippen LogP contribution in [0.5, 0.6) is 0 Å². The van der Waals surface area contributed by atoms with Gasteiger partial charge in [0.05, 0.1) is 5.75 Å². The Morgan fingerprint density at radius 2 is 1.89 bits per heavy atom. The van der Waals surface area contributed by atoms with E-state index in [1.165, 1.54) is 0 Å². The molecule has 3 N–H and O–H groups in total. The van der Waals surface area contributed by atoms with Gasteiger partial charge in [-0.1, -0.05) is 6.92 Å². The van der Waals surface area contributed by atoms with E-state index in [-0.39, 0.29) is 11.5 Å². The largest absolute Gasteiger partial charge is 0.385 e. The van der Waals surface area contributed by atoms with Crippen molar-refractivity contribution in [3.8, 4) is 0 Å². The van der Waals surface area contributed by atoms with E-state index in [0.717, 1.165) is 5.69 Å². The zero-order valence-electron chi connectivity index (χ0n) is 10.3. The Morgan fingerprint density at radius 3 is 2.39 bits per heavy atom. The van der Waals surface area contributed by atoms with Crippen LogP contribution in [-0.4, -0.2) is 26.5 Å². The molecule has 0 saturated carbocycles. The number of hydrogen-bond acceptors (Lipinski definition) is 4. The van der Waals surface area contributed by atoms with Crippen molar-refractivity contribution in [1.29, 1.82) is 0 Å². The fraction of sp³-hybridized carbons (Fsp3) is 0.417. The number of anilines is 1. The van der Waals surface area contributed by atoms with Gasteiger partial charge in [0.15, 0.2) is 5.78 Å². The van der Waals surface area contributed by atoms with Gasteiger partial charge in [-0.3, -0.25) is 4.79 Å². The molecule has 0 unspecified atom stereocenters. The van der Waals surface area contributed by atoms with E-state index < -0.39 is 10.0 Å². The number of nitrogens with one attached hydrogen (secondary N) is 1. The monoisotopic (exact) mass is 270 g/mol. The fourth-order valence-electron chi connectivity index (χ4n) is 1.48. The normalized spacial score (nSPS) is 11.2. The number of hydrogen-bond donors (Lipinski definition) is 2. The van der Waals surface area contributed by atoms with Gasteiger partial charge >= 0.3 is 0 Å². The molecule has 0 aliphatic carbocycles. The van der Waals surface area contributed by atoms with Crippen molar-refractivity contribution in [1.82, 2.24) is 0 Å². The third kappa shape index (κ3) is 5.29. The Bertz CT molecular complexity index is 495. The van der Waals surface area contributed by atoms with E-state index in [2.05, 4.69) is 5.32 Å². The highest BCUT2D eigenvalue weighted by Gasteiger charge is 2.03. The van der Waals surface area contributed by atoms with E-state index in [0.29, 0.717) is 24.9 Å². The van der Waals surface area contributed by atoms with Gasteiger partial charge in [0.2, 0.25) is 10.0 Å². The smallest absolute Gasteiger partial charge is 0.209 e. The van der Waals surface area contributed by atoms with Gasteiger partial charge in [-0.05, 0) is 30.7 Å². The number of ketones is 1. The van der Waals surface area contributed by atoms with Crippen molar-refractivity contribution < 1.29 is 13.2 Å². The van der Waals surface area contributed by atoms with Crippen LogP contribution in [0.4, 0.5) is 5.69 Å². The number of carbonyl (C=O) groups is 1. The van der Waals surface area contributed by atoms with Crippen LogP contribution in [-0.2, 0) is 10.0 Å². The quantitative estimate of drug-likeness (QED) is 0.578. The van der Waals surface area contributed by atoms with Crippen LogP contribution in [0.25, 0.3) is 0 Å². The lowest BCUT2D eigenvalue weighted by atomic mass is 10.1. The van der Waals surface area contributed by atoms with Gasteiger partial charge in [-0.2, -0.15) is 0 Å². The van der Waals surface area contributed by atoms with Crippen LogP contribution in [0, 0.1) is 0 Å². The molecule has 0 aliphatic heterocycles. The lowest BCUT2D eigenvalue weighted by Gasteiger charge is -2.06. The lowest BCUT2D eigenvalue weighted by Crippen LogP contribution is -2.18. The standard InChI is InChI=1S/C12H18N2O3S/c1-2-12(15)10-4-6-11(7-5-10)14-8-3-9-18(13,16)17/h4-7,14H,2-3,8-9H2,1H3,(H2,13,16,17). The van der Waals surface area contributed by atoms with E-state index >= 15 is 0 Å². The molecule has 5 nitrogen and oxygen atoms in total. The Balaban J connectivity index is 2.42. The second-order valence-electron chi connectivity index (χ2n) is 4.00. The number of Topliss-reactive ketones (excluding diaryl/α,β-unsaturated/α-hetero) is 1. The van der Waals surface area contributed by atoms with Gasteiger partial charge in [0, 0.05) is 24.2 Å². The summed E-state index contributed by atoms with van der Waals surface area (Å²) in [7, 11) is -3.38. The minimum atomic E-state index is -3.38. The van der Waals surface area contributed by atoms with Gasteiger partial charge < -0.3 is 5.32 Å². The first-order valence-corrected chi connectivity index (χ1v) is 7.51. The molecule has 1 aromatic carbocycles. The molecule has 0 amide bonds. The van der Waals surface area contributed by atoms with Crippen LogP contribution in [0.1, 0.15) is 30.1 Å². The summed E-state index contributed by atoms with van der Waals surface area (Å²) in [5.41, 5.74) is 1.55. The zero-order chi connectivity index (χ0) is 13.6. The Kier molecular flexibility index (Phi) is 5.30. The van der Waals surface area contributed by atoms with Crippen LogP contribution in [0.3, 0.4) is 0 Å². The summed E-state index contributed by atoms with van der Waals surface area (Å²) in [6, 6.07) is 7.13. The number of carbonyl (C=O) groups excluding carboxylic acids is 1. The molecule has 0 aromatic heterocycles. The van der Waals surface area contributed by atoms with Crippen molar-refractivity contribution in [2.24, 2.45) is 5.14 Å². The molecular formula is C12H18N2O3S. The molecule has 6 heteroatoms. The third-order valence-electron chi connectivity index (χ3n) is 2.46. The number of nitrogens with two attached hydrogens (primary N) is 1. The maximum Gasteiger partial charge on any atom is 0.209 e. The SMILES string of the molecule is CCC(=O)c1ccc(NCCCS(N)(=O)=O)cc1. The second-order valence-corrected chi connectivity index (χ2v) is 5.74. The molecule has 0 saturated heterocycles. The molecule has 0 spiro atoms. The van der Waals surface area contributed by atoms with E-state index in [4.69, 9.17) is 5.14 Å². The molecular weight excluding hydrogens is 252 g/mol. The van der Waals surface area contributed by atoms with E-state index in [1.54, 1.807) is 24.3 Å². The highest BCUT2D eigenvalue weighted by atomic mass is 32.2. The molecule has 0 radical (unpaired) electrons. The predicted molar refractivity (Wildman–Crippen MR) is 72.1 cm³/mol. The summed E-state index contributed by atoms with van der Waals surface area (Å²) >= 11 is 0. The summed E-state index contributed by atoms with van der Waals surface area (Å²) in [5, 5.41) is 7.96. The van der Waals surface area contributed by atoms with Crippen LogP contribution in [0.15, 0.2) is 24.3 Å². The summed E-state index contributed by atoms with van der Waals surface area (Å²) < 4.78 is 21.4. The van der Waals surface area contributed by atoms with E-state index in [1.807, 2.05) is 6.92 Å². The molecule has 0 atom stereocenters. The van der Waals surface area contributed by atoms with E-state index in [9.17, 15) is 13.2 Å². The average Bonchev–Trinajstić information content (AvgIpc) is 2.33. The maximum atomic E-state index is 11.4. The Labute approximate surface area is 107 Å². The summed E-state index contributed by atoms with van der Waals surface area (Å²) in [4.78, 5) is 11.4. The fourth-order valence-corrected chi connectivity index (χ4v) is 2.03. The van der Waals surface area contributed by atoms with Gasteiger partial charge in [0.1, 0.15) is 0 Å². The van der Waals surface area contributed by atoms with Gasteiger partial charge in [-0.15, -0.1) is 0 Å². The highest BCUT2D eigenvalue weighted by Crippen LogP contribution is 2.11. The predicted octanol–water partition coefficient (Wildman–Crippen LogP) is 1.37. The Morgan fingerprint density at radius 1 is 1.28 bits per heavy atom. The van der Waals surface area contributed by atoms with Crippen molar-refractivity contribution in [2.45, 2.75) is 19.8 Å². The van der Waals surface area contributed by atoms with Crippen LogP contribution < -0.4 is 10.5 Å². The first-order chi connectivity index (χ1) is 8.42. The highest BCUT2D eigenvalue weighted by molar-refractivity contribution is 7.89. The average molecular weight is 270 g/mol. The van der Waals surface area contributed by atoms with Crippen molar-refractivity contribution in [3.05, 3.63) is 29.8 Å². The summed E-state index contributed by atoms with van der Waals surface area (Å²) in [6.07, 6.45) is 0.940. The first-order valence-electron chi connectivity index (χ1n) is 5.80. The zero-order valence-corrected chi connectivity index (χ0v) is 11.2. The molecule has 0 bridgehead atoms. The van der Waals surface area contributed by atoms with Gasteiger partial charge in [-0.25, -0.2) is 13.6 Å². The third-order valence-corrected chi connectivity index (χ3v) is 3.32.